The Morgan fingerprint density at radius 2 is 1.70 bits per heavy atom. The van der Waals surface area contributed by atoms with Gasteiger partial charge in [0.1, 0.15) is 22.8 Å². The number of carboxylic acids is 1. The Kier molecular flexibility index (Phi) is 6.47. The van der Waals surface area contributed by atoms with Crippen LogP contribution in [0.2, 0.25) is 5.02 Å². The molecule has 142 valence electrons. The number of amides is 1. The van der Waals surface area contributed by atoms with Crippen LogP contribution in [0.5, 0.6) is 11.5 Å². The van der Waals surface area contributed by atoms with Gasteiger partial charge in [0, 0.05) is 0 Å². The smallest absolute Gasteiger partial charge is 0.412 e. The van der Waals surface area contributed by atoms with Crippen molar-refractivity contribution < 1.29 is 24.2 Å². The summed E-state index contributed by atoms with van der Waals surface area (Å²) >= 11 is 6.05. The minimum atomic E-state index is -1.28. The van der Waals surface area contributed by atoms with Crippen LogP contribution in [0, 0.1) is 0 Å². The number of nitrogens with one attached hydrogen (secondary N) is 1. The van der Waals surface area contributed by atoms with Crippen molar-refractivity contribution in [2.45, 2.75) is 26.4 Å². The van der Waals surface area contributed by atoms with E-state index in [0.717, 1.165) is 0 Å². The van der Waals surface area contributed by atoms with Gasteiger partial charge in [-0.1, -0.05) is 35.9 Å². The van der Waals surface area contributed by atoms with E-state index in [4.69, 9.17) is 21.1 Å². The van der Waals surface area contributed by atoms with E-state index in [0.29, 0.717) is 22.1 Å². The molecule has 0 aliphatic heterocycles. The van der Waals surface area contributed by atoms with Crippen molar-refractivity contribution in [3.63, 3.8) is 0 Å². The molecular weight excluding hydrogens is 370 g/mol. The Morgan fingerprint density at radius 3 is 2.26 bits per heavy atom. The van der Waals surface area contributed by atoms with E-state index in [1.54, 1.807) is 69.3 Å². The molecule has 0 aliphatic carbocycles. The van der Waals surface area contributed by atoms with E-state index in [1.165, 1.54) is 6.08 Å². The maximum Gasteiger partial charge on any atom is 0.412 e. The zero-order valence-electron chi connectivity index (χ0n) is 15.2. The molecule has 2 aromatic rings. The Hall–Kier alpha value is -2.99. The number of halogens is 1. The normalized spacial score (nSPS) is 11.6. The highest BCUT2D eigenvalue weighted by molar-refractivity contribution is 6.32. The molecule has 0 atom stereocenters. The number of aliphatic carboxylic acids is 1. The van der Waals surface area contributed by atoms with E-state index in [1.807, 2.05) is 0 Å². The minimum Gasteiger partial charge on any atom is -0.477 e. The van der Waals surface area contributed by atoms with Gasteiger partial charge in [-0.05, 0) is 56.7 Å². The average Bonchev–Trinajstić information content (AvgIpc) is 2.56. The third kappa shape index (κ3) is 6.67. The lowest BCUT2D eigenvalue weighted by Gasteiger charge is -2.19. The molecule has 2 aromatic carbocycles. The number of alkyl carbamates (subject to hydrolysis) is 1. The first kappa shape index (κ1) is 20.3. The number of rotatable bonds is 5. The average molecular weight is 390 g/mol. The molecule has 0 unspecified atom stereocenters. The highest BCUT2D eigenvalue weighted by Crippen LogP contribution is 2.29. The SMILES string of the molecule is CC(C)(C)OC(=O)NC(=Cc1ccc(Oc2ccccc2Cl)cc1)C(=O)O. The van der Waals surface area contributed by atoms with Gasteiger partial charge in [-0.25, -0.2) is 9.59 Å². The van der Waals surface area contributed by atoms with Crippen molar-refractivity contribution >= 4 is 29.7 Å². The van der Waals surface area contributed by atoms with E-state index in [9.17, 15) is 14.7 Å². The van der Waals surface area contributed by atoms with Crippen molar-refractivity contribution in [1.82, 2.24) is 5.32 Å². The summed E-state index contributed by atoms with van der Waals surface area (Å²) in [7, 11) is 0. The van der Waals surface area contributed by atoms with Crippen LogP contribution < -0.4 is 10.1 Å². The van der Waals surface area contributed by atoms with Crippen LogP contribution in [-0.4, -0.2) is 22.8 Å². The molecule has 7 heteroatoms. The highest BCUT2D eigenvalue weighted by atomic mass is 35.5. The largest absolute Gasteiger partial charge is 0.477 e. The molecule has 0 aliphatic rings. The van der Waals surface area contributed by atoms with Crippen molar-refractivity contribution in [3.8, 4) is 11.5 Å². The number of carbonyl (C=O) groups excluding carboxylic acids is 1. The van der Waals surface area contributed by atoms with Gasteiger partial charge in [-0.3, -0.25) is 5.32 Å². The second-order valence-electron chi connectivity index (χ2n) is 6.59. The number of para-hydroxylation sites is 1. The summed E-state index contributed by atoms with van der Waals surface area (Å²) in [5.41, 5.74) is -0.468. The summed E-state index contributed by atoms with van der Waals surface area (Å²) < 4.78 is 10.7. The van der Waals surface area contributed by atoms with Crippen LogP contribution in [0.25, 0.3) is 6.08 Å². The number of hydrogen-bond donors (Lipinski definition) is 2. The fraction of sp³-hybridized carbons (Fsp3) is 0.200. The molecule has 6 nitrogen and oxygen atoms in total. The van der Waals surface area contributed by atoms with Crippen LogP contribution >= 0.6 is 11.6 Å². The minimum absolute atomic E-state index is 0.302. The molecule has 2 rings (SSSR count). The molecule has 2 N–H and O–H groups in total. The second-order valence-corrected chi connectivity index (χ2v) is 7.00. The van der Waals surface area contributed by atoms with Gasteiger partial charge in [0.15, 0.2) is 0 Å². The van der Waals surface area contributed by atoms with E-state index >= 15 is 0 Å². The van der Waals surface area contributed by atoms with Gasteiger partial charge in [-0.2, -0.15) is 0 Å². The third-order valence-electron chi connectivity index (χ3n) is 3.12. The van der Waals surface area contributed by atoms with Crippen LogP contribution in [0.15, 0.2) is 54.2 Å². The fourth-order valence-electron chi connectivity index (χ4n) is 2.02. The quantitative estimate of drug-likeness (QED) is 0.696. The van der Waals surface area contributed by atoms with E-state index in [2.05, 4.69) is 5.32 Å². The molecule has 1 amide bonds. The zero-order valence-corrected chi connectivity index (χ0v) is 15.9. The van der Waals surface area contributed by atoms with E-state index < -0.39 is 17.7 Å². The Bertz CT molecular complexity index is 853. The monoisotopic (exact) mass is 389 g/mol. The summed E-state index contributed by atoms with van der Waals surface area (Å²) in [6.07, 6.45) is 0.487. The highest BCUT2D eigenvalue weighted by Gasteiger charge is 2.19. The maximum absolute atomic E-state index is 11.8. The number of hydrogen-bond acceptors (Lipinski definition) is 4. The predicted octanol–water partition coefficient (Wildman–Crippen LogP) is 5.08. The second kappa shape index (κ2) is 8.60. The molecule has 0 saturated carbocycles. The number of benzene rings is 2. The summed E-state index contributed by atoms with van der Waals surface area (Å²) in [5, 5.41) is 12.0. The van der Waals surface area contributed by atoms with Crippen LogP contribution in [-0.2, 0) is 9.53 Å². The van der Waals surface area contributed by atoms with Crippen molar-refractivity contribution in [1.29, 1.82) is 0 Å². The first-order valence-electron chi connectivity index (χ1n) is 8.11. The van der Waals surface area contributed by atoms with Gasteiger partial charge < -0.3 is 14.6 Å². The predicted molar refractivity (Wildman–Crippen MR) is 103 cm³/mol. The topological polar surface area (TPSA) is 84.9 Å². The van der Waals surface area contributed by atoms with Gasteiger partial charge in [-0.15, -0.1) is 0 Å². The molecule has 0 saturated heterocycles. The first-order chi connectivity index (χ1) is 12.6. The third-order valence-corrected chi connectivity index (χ3v) is 3.43. The van der Waals surface area contributed by atoms with Crippen LogP contribution in [0.1, 0.15) is 26.3 Å². The van der Waals surface area contributed by atoms with Crippen LogP contribution in [0.3, 0.4) is 0 Å². The Morgan fingerprint density at radius 1 is 1.07 bits per heavy atom. The summed E-state index contributed by atoms with van der Waals surface area (Å²) in [6, 6.07) is 13.7. The molecule has 0 aromatic heterocycles. The molecular formula is C20H20ClNO5. The van der Waals surface area contributed by atoms with Gasteiger partial charge in [0.05, 0.1) is 5.02 Å². The number of carbonyl (C=O) groups is 2. The van der Waals surface area contributed by atoms with Gasteiger partial charge >= 0.3 is 12.1 Å². The standard InChI is InChI=1S/C20H20ClNO5/c1-20(2,3)27-19(25)22-16(18(23)24)12-13-8-10-14(11-9-13)26-17-7-5-4-6-15(17)21/h4-12H,1-3H3,(H,22,25)(H,23,24). The molecule has 27 heavy (non-hydrogen) atoms. The zero-order chi connectivity index (χ0) is 20.0. The Labute approximate surface area is 162 Å². The summed E-state index contributed by atoms with van der Waals surface area (Å²) in [4.78, 5) is 23.2. The van der Waals surface area contributed by atoms with Crippen molar-refractivity contribution in [3.05, 3.63) is 64.8 Å². The summed E-state index contributed by atoms with van der Waals surface area (Å²) in [5.74, 6) is -0.227. The molecule has 0 heterocycles. The van der Waals surface area contributed by atoms with Crippen LogP contribution in [0.4, 0.5) is 4.79 Å². The van der Waals surface area contributed by atoms with E-state index in [-0.39, 0.29) is 5.70 Å². The lowest BCUT2D eigenvalue weighted by molar-refractivity contribution is -0.133. The molecule has 0 radical (unpaired) electrons. The van der Waals surface area contributed by atoms with Gasteiger partial charge in [0.2, 0.25) is 0 Å². The van der Waals surface area contributed by atoms with Crippen molar-refractivity contribution in [2.75, 3.05) is 0 Å². The number of ether oxygens (including phenoxy) is 2. The van der Waals surface area contributed by atoms with Gasteiger partial charge in [0.25, 0.3) is 0 Å². The summed E-state index contributed by atoms with van der Waals surface area (Å²) in [6.45, 7) is 5.07. The molecule has 0 spiro atoms. The molecule has 0 fully saturated rings. The Balaban J connectivity index is 2.12. The maximum atomic E-state index is 11.8. The lowest BCUT2D eigenvalue weighted by Crippen LogP contribution is -2.34. The first-order valence-corrected chi connectivity index (χ1v) is 8.49. The lowest BCUT2D eigenvalue weighted by atomic mass is 10.2. The molecule has 0 bridgehead atoms. The number of carboxylic acid groups (broad SMARTS) is 1. The fourth-order valence-corrected chi connectivity index (χ4v) is 2.19. The van der Waals surface area contributed by atoms with Crippen molar-refractivity contribution in [2.24, 2.45) is 0 Å².